The van der Waals surface area contributed by atoms with Gasteiger partial charge in [0.25, 0.3) is 0 Å². The molecule has 0 N–H and O–H groups in total. The molecule has 0 aliphatic carbocycles. The Morgan fingerprint density at radius 1 is 1.07 bits per heavy atom. The molecule has 70 valence electrons. The first kappa shape index (κ1) is 4.38. The highest BCUT2D eigenvalue weighted by Gasteiger charge is 1.99. The zero-order chi connectivity index (χ0) is 16.1. The summed E-state index contributed by atoms with van der Waals surface area (Å²) in [5.41, 5.74) is -0.287. The largest absolute Gasteiger partial charge is 0.0843 e. The van der Waals surface area contributed by atoms with Gasteiger partial charge in [0.15, 0.2) is 0 Å². The van der Waals surface area contributed by atoms with Crippen molar-refractivity contribution in [3.63, 3.8) is 0 Å². The van der Waals surface area contributed by atoms with Gasteiger partial charge in [-0.25, -0.2) is 0 Å². The maximum atomic E-state index is 8.00. The van der Waals surface area contributed by atoms with Gasteiger partial charge in [0.1, 0.15) is 0 Å². The van der Waals surface area contributed by atoms with E-state index in [0.29, 0.717) is 0 Å². The van der Waals surface area contributed by atoms with Crippen LogP contribution in [0.4, 0.5) is 0 Å². The predicted octanol–water partition coefficient (Wildman–Crippen LogP) is 4.77. The molecule has 0 spiro atoms. The van der Waals surface area contributed by atoms with Gasteiger partial charge in [-0.05, 0) is 29.3 Å². The number of hydrogen-bond acceptors (Lipinski definition) is 0. The van der Waals surface area contributed by atoms with Crippen LogP contribution in [-0.4, -0.2) is 0 Å². The summed E-state index contributed by atoms with van der Waals surface area (Å²) in [4.78, 5) is 0. The molecule has 0 aromatic heterocycles. The highest BCUT2D eigenvalue weighted by Crippen LogP contribution is 2.26. The van der Waals surface area contributed by atoms with E-state index in [-0.39, 0.29) is 32.7 Å². The van der Waals surface area contributed by atoms with Crippen LogP contribution in [-0.2, 0) is 0 Å². The Labute approximate surface area is 106 Å². The lowest BCUT2D eigenvalue weighted by molar-refractivity contribution is 1.59. The monoisotopic (exact) mass is 273 g/mol. The van der Waals surface area contributed by atoms with Crippen molar-refractivity contribution in [2.45, 2.75) is 0 Å². The summed E-state index contributed by atoms with van der Waals surface area (Å²) < 4.78 is 54.9. The van der Waals surface area contributed by atoms with Gasteiger partial charge in [-0.3, -0.25) is 0 Å². The molecular weight excluding hydrogens is 259 g/mol. The van der Waals surface area contributed by atoms with Crippen LogP contribution in [0.3, 0.4) is 0 Å². The molecule has 0 fully saturated rings. The van der Waals surface area contributed by atoms with Crippen LogP contribution in [0, 0.1) is 0 Å². The molecule has 2 aromatic rings. The Bertz CT molecular complexity index is 705. The Hall–Kier alpha value is -0.790. The van der Waals surface area contributed by atoms with E-state index in [1.54, 1.807) is 0 Å². The van der Waals surface area contributed by atoms with Gasteiger partial charge in [0.05, 0.1) is 9.60 Å². The van der Waals surface area contributed by atoms with Crippen molar-refractivity contribution in [3.8, 4) is 11.1 Å². The number of benzene rings is 2. The van der Waals surface area contributed by atoms with E-state index in [0.717, 1.165) is 0 Å². The molecule has 0 unspecified atom stereocenters. The second-order valence-electron chi connectivity index (χ2n) is 2.47. The molecule has 0 saturated heterocycles. The summed E-state index contributed by atoms with van der Waals surface area (Å²) >= 11 is 9.02. The summed E-state index contributed by atoms with van der Waals surface area (Å²) in [5, 5.41) is 0.0275. The molecule has 2 aromatic carbocycles. The lowest BCUT2D eigenvalue weighted by Crippen LogP contribution is -1.77. The molecule has 0 atom stereocenters. The fourth-order valence-corrected chi connectivity index (χ4v) is 1.72. The third kappa shape index (κ3) is 2.17. The van der Waals surface area contributed by atoms with Crippen LogP contribution in [0.5, 0.6) is 0 Å². The van der Waals surface area contributed by atoms with Crippen LogP contribution in [0.15, 0.2) is 52.8 Å². The van der Waals surface area contributed by atoms with Crippen molar-refractivity contribution in [2.24, 2.45) is 0 Å². The third-order valence-corrected chi connectivity index (χ3v) is 2.12. The standard InChI is InChI=1S/C12H8BrCl/c13-11-6-10(7-12(14)8-11)9-4-2-1-3-5-9/h1-8H/i1D,2D,3D,4D,5D,6D,7D. The van der Waals surface area contributed by atoms with E-state index in [4.69, 9.17) is 21.2 Å². The Balaban J connectivity index is 3.00. The number of hydrogen-bond donors (Lipinski definition) is 0. The average molecular weight is 275 g/mol. The summed E-state index contributed by atoms with van der Waals surface area (Å²) in [6.07, 6.45) is 0. The highest BCUT2D eigenvalue weighted by atomic mass is 79.9. The van der Waals surface area contributed by atoms with Crippen molar-refractivity contribution in [3.05, 3.63) is 57.9 Å². The molecule has 0 aliphatic rings. The predicted molar refractivity (Wildman–Crippen MR) is 64.6 cm³/mol. The maximum absolute atomic E-state index is 8.00. The van der Waals surface area contributed by atoms with E-state index in [1.165, 1.54) is 6.07 Å². The lowest BCUT2D eigenvalue weighted by Gasteiger charge is -2.02. The molecule has 2 rings (SSSR count). The summed E-state index contributed by atoms with van der Waals surface area (Å²) in [5.74, 6) is 0. The lowest BCUT2D eigenvalue weighted by atomic mass is 10.1. The first-order valence-corrected chi connectivity index (χ1v) is 4.88. The fraction of sp³-hybridized carbons (Fsp3) is 0. The van der Waals surface area contributed by atoms with Crippen LogP contribution in [0.1, 0.15) is 9.60 Å². The topological polar surface area (TPSA) is 0 Å². The molecule has 0 amide bonds. The Kier molecular flexibility index (Phi) is 1.30. The second-order valence-corrected chi connectivity index (χ2v) is 3.73. The van der Waals surface area contributed by atoms with Crippen molar-refractivity contribution in [2.75, 3.05) is 0 Å². The first-order valence-electron chi connectivity index (χ1n) is 7.21. The molecule has 0 heterocycles. The van der Waals surface area contributed by atoms with E-state index in [2.05, 4.69) is 15.9 Å². The van der Waals surface area contributed by atoms with Gasteiger partial charge in [-0.1, -0.05) is 57.7 Å². The van der Waals surface area contributed by atoms with Gasteiger partial charge in [-0.2, -0.15) is 0 Å². The molecule has 0 saturated carbocycles. The second kappa shape index (κ2) is 4.16. The summed E-state index contributed by atoms with van der Waals surface area (Å²) in [7, 11) is 0. The minimum Gasteiger partial charge on any atom is -0.0843 e. The van der Waals surface area contributed by atoms with Crippen LogP contribution in [0.2, 0.25) is 5.02 Å². The van der Waals surface area contributed by atoms with Crippen LogP contribution in [0.25, 0.3) is 11.1 Å². The van der Waals surface area contributed by atoms with Crippen LogP contribution < -0.4 is 0 Å². The number of rotatable bonds is 1. The molecule has 0 nitrogen and oxygen atoms in total. The maximum Gasteiger partial charge on any atom is 0.0645 e. The van der Waals surface area contributed by atoms with Crippen molar-refractivity contribution >= 4 is 27.5 Å². The molecule has 2 heteroatoms. The molecule has 0 bridgehead atoms. The Morgan fingerprint density at radius 3 is 2.50 bits per heavy atom. The van der Waals surface area contributed by atoms with Crippen LogP contribution >= 0.6 is 27.5 Å². The van der Waals surface area contributed by atoms with Gasteiger partial charge < -0.3 is 0 Å². The SMILES string of the molecule is [2H]c1c([2H])c([2H])c(-c2c([2H])c(Cl)cc(Br)c2[2H])c([2H])c1[2H]. The van der Waals surface area contributed by atoms with Crippen molar-refractivity contribution in [1.82, 2.24) is 0 Å². The fourth-order valence-electron chi connectivity index (χ4n) is 0.954. The molecule has 0 aliphatic heterocycles. The quantitative estimate of drug-likeness (QED) is 0.703. The minimum absolute atomic E-state index is 0.0275. The van der Waals surface area contributed by atoms with E-state index in [1.807, 2.05) is 0 Å². The van der Waals surface area contributed by atoms with E-state index >= 15 is 0 Å². The molecular formula is C12H8BrCl. The zero-order valence-corrected chi connectivity index (χ0v) is 9.18. The molecule has 0 radical (unpaired) electrons. The smallest absolute Gasteiger partial charge is 0.0645 e. The molecule has 14 heavy (non-hydrogen) atoms. The summed E-state index contributed by atoms with van der Waals surface area (Å²) in [6, 6.07) is -1.50. The third-order valence-electron chi connectivity index (χ3n) is 1.49. The Morgan fingerprint density at radius 2 is 1.79 bits per heavy atom. The van der Waals surface area contributed by atoms with Gasteiger partial charge in [0, 0.05) is 9.50 Å². The average Bonchev–Trinajstić information content (AvgIpc) is 2.44. The zero-order valence-electron chi connectivity index (χ0n) is 13.8. The van der Waals surface area contributed by atoms with Gasteiger partial charge in [0.2, 0.25) is 0 Å². The van der Waals surface area contributed by atoms with Crippen molar-refractivity contribution in [1.29, 1.82) is 0 Å². The minimum atomic E-state index is -0.520. The van der Waals surface area contributed by atoms with Gasteiger partial charge >= 0.3 is 0 Å². The van der Waals surface area contributed by atoms with E-state index < -0.39 is 30.2 Å². The summed E-state index contributed by atoms with van der Waals surface area (Å²) in [6.45, 7) is 0. The van der Waals surface area contributed by atoms with E-state index in [9.17, 15) is 0 Å². The number of halogens is 2. The normalized spacial score (nSPS) is 17.1. The first-order chi connectivity index (χ1) is 9.68. The van der Waals surface area contributed by atoms with Crippen molar-refractivity contribution < 1.29 is 9.60 Å². The highest BCUT2D eigenvalue weighted by molar-refractivity contribution is 9.10. The van der Waals surface area contributed by atoms with Gasteiger partial charge in [-0.15, -0.1) is 0 Å².